The molecule has 2 aliphatic heterocycles. The van der Waals surface area contributed by atoms with Crippen molar-refractivity contribution in [2.45, 2.75) is 19.8 Å². The summed E-state index contributed by atoms with van der Waals surface area (Å²) in [5.41, 5.74) is 0. The van der Waals surface area contributed by atoms with E-state index in [1.807, 2.05) is 23.2 Å². The second-order valence-electron chi connectivity index (χ2n) is 6.82. The maximum atomic E-state index is 12.6. The summed E-state index contributed by atoms with van der Waals surface area (Å²) in [6.07, 6.45) is 7.49. The molecule has 0 aliphatic carbocycles. The molecule has 4 heterocycles. The molecular formula is C17H22N6O. The van der Waals surface area contributed by atoms with E-state index >= 15 is 0 Å². The monoisotopic (exact) mass is 326 g/mol. The Morgan fingerprint density at radius 1 is 1.21 bits per heavy atom. The fourth-order valence-electron chi connectivity index (χ4n) is 3.51. The van der Waals surface area contributed by atoms with Gasteiger partial charge in [-0.2, -0.15) is 5.10 Å². The molecule has 0 N–H and O–H groups in total. The highest BCUT2D eigenvalue weighted by Gasteiger charge is 2.37. The number of carbonyl (C=O) groups is 1. The summed E-state index contributed by atoms with van der Waals surface area (Å²) >= 11 is 0. The van der Waals surface area contributed by atoms with E-state index in [4.69, 9.17) is 0 Å². The third kappa shape index (κ3) is 2.86. The second-order valence-corrected chi connectivity index (χ2v) is 6.82. The lowest BCUT2D eigenvalue weighted by molar-refractivity contribution is -0.138. The van der Waals surface area contributed by atoms with E-state index in [2.05, 4.69) is 26.9 Å². The summed E-state index contributed by atoms with van der Waals surface area (Å²) in [7, 11) is 0. The fourth-order valence-corrected chi connectivity index (χ4v) is 3.51. The Labute approximate surface area is 141 Å². The van der Waals surface area contributed by atoms with Gasteiger partial charge in [0.2, 0.25) is 5.91 Å². The quantitative estimate of drug-likeness (QED) is 0.852. The van der Waals surface area contributed by atoms with Gasteiger partial charge >= 0.3 is 0 Å². The van der Waals surface area contributed by atoms with E-state index in [0.717, 1.165) is 44.2 Å². The van der Waals surface area contributed by atoms with Crippen molar-refractivity contribution in [1.29, 1.82) is 0 Å². The Hall–Kier alpha value is -2.44. The minimum Gasteiger partial charge on any atom is -0.355 e. The van der Waals surface area contributed by atoms with Crippen LogP contribution in [0.2, 0.25) is 0 Å². The lowest BCUT2D eigenvalue weighted by Gasteiger charge is -2.42. The van der Waals surface area contributed by atoms with Crippen LogP contribution in [0.15, 0.2) is 30.9 Å². The van der Waals surface area contributed by atoms with Crippen molar-refractivity contribution in [3.05, 3.63) is 30.9 Å². The Balaban J connectivity index is 1.39. The average Bonchev–Trinajstić information content (AvgIpc) is 3.08. The van der Waals surface area contributed by atoms with Crippen molar-refractivity contribution in [1.82, 2.24) is 24.6 Å². The van der Waals surface area contributed by atoms with Crippen molar-refractivity contribution in [3.8, 4) is 5.82 Å². The first-order valence-electron chi connectivity index (χ1n) is 8.56. The first-order chi connectivity index (χ1) is 11.7. The summed E-state index contributed by atoms with van der Waals surface area (Å²) in [5.74, 6) is 2.62. The van der Waals surface area contributed by atoms with E-state index in [1.165, 1.54) is 6.42 Å². The lowest BCUT2D eigenvalue weighted by atomic mass is 9.94. The van der Waals surface area contributed by atoms with Gasteiger partial charge in [0, 0.05) is 44.6 Å². The lowest BCUT2D eigenvalue weighted by Crippen LogP contribution is -2.56. The van der Waals surface area contributed by atoms with Crippen LogP contribution in [0, 0.1) is 11.8 Å². The largest absolute Gasteiger partial charge is 0.355 e. The smallest absolute Gasteiger partial charge is 0.229 e. The van der Waals surface area contributed by atoms with Crippen molar-refractivity contribution >= 4 is 11.7 Å². The van der Waals surface area contributed by atoms with Gasteiger partial charge in [0.15, 0.2) is 5.82 Å². The van der Waals surface area contributed by atoms with Gasteiger partial charge < -0.3 is 9.80 Å². The molecule has 0 radical (unpaired) electrons. The molecule has 2 aliphatic rings. The summed E-state index contributed by atoms with van der Waals surface area (Å²) in [6.45, 7) is 5.52. The van der Waals surface area contributed by atoms with Crippen LogP contribution in [0.1, 0.15) is 19.8 Å². The van der Waals surface area contributed by atoms with Gasteiger partial charge in [0.1, 0.15) is 12.1 Å². The Kier molecular flexibility index (Phi) is 3.92. The van der Waals surface area contributed by atoms with Crippen molar-refractivity contribution < 1.29 is 4.79 Å². The molecular weight excluding hydrogens is 304 g/mol. The average molecular weight is 326 g/mol. The number of anilines is 1. The number of hydrogen-bond donors (Lipinski definition) is 0. The highest BCUT2D eigenvalue weighted by atomic mass is 16.2. The third-order valence-corrected chi connectivity index (χ3v) is 4.90. The number of likely N-dealkylation sites (tertiary alicyclic amines) is 1. The Bertz CT molecular complexity index is 710. The fraction of sp³-hybridized carbons (Fsp3) is 0.529. The normalized spacial score (nSPS) is 21.6. The van der Waals surface area contributed by atoms with Crippen LogP contribution in [0.5, 0.6) is 0 Å². The first kappa shape index (κ1) is 15.1. The number of piperidine rings is 1. The Morgan fingerprint density at radius 3 is 2.79 bits per heavy atom. The number of rotatable bonds is 3. The van der Waals surface area contributed by atoms with Gasteiger partial charge in [-0.1, -0.05) is 6.92 Å². The van der Waals surface area contributed by atoms with Gasteiger partial charge in [0.25, 0.3) is 0 Å². The SMILES string of the molecule is CC1CCCN(C(=O)C2CN(c3cc(-n4cccn4)ncn3)C2)C1. The predicted octanol–water partition coefficient (Wildman–Crippen LogP) is 1.36. The molecule has 126 valence electrons. The van der Waals surface area contributed by atoms with E-state index in [0.29, 0.717) is 11.8 Å². The summed E-state index contributed by atoms with van der Waals surface area (Å²) in [4.78, 5) is 25.4. The highest BCUT2D eigenvalue weighted by molar-refractivity contribution is 5.82. The van der Waals surface area contributed by atoms with E-state index in [-0.39, 0.29) is 5.92 Å². The van der Waals surface area contributed by atoms with Gasteiger partial charge in [0.05, 0.1) is 5.92 Å². The standard InChI is InChI=1S/C17H22N6O/c1-13-4-2-6-21(9-13)17(24)14-10-22(11-14)15-8-16(19-12-18-15)23-7-3-5-20-23/h3,5,7-8,12-14H,2,4,6,9-11H2,1H3. The summed E-state index contributed by atoms with van der Waals surface area (Å²) < 4.78 is 1.71. The molecule has 4 rings (SSSR count). The molecule has 2 saturated heterocycles. The molecule has 1 amide bonds. The molecule has 2 aromatic heterocycles. The minimum atomic E-state index is 0.0958. The topological polar surface area (TPSA) is 67.2 Å². The second kappa shape index (κ2) is 6.22. The van der Waals surface area contributed by atoms with Crippen molar-refractivity contribution in [2.24, 2.45) is 11.8 Å². The number of hydrogen-bond acceptors (Lipinski definition) is 5. The highest BCUT2D eigenvalue weighted by Crippen LogP contribution is 2.26. The van der Waals surface area contributed by atoms with Gasteiger partial charge in [-0.3, -0.25) is 4.79 Å². The third-order valence-electron chi connectivity index (χ3n) is 4.90. The van der Waals surface area contributed by atoms with E-state index in [9.17, 15) is 4.79 Å². The zero-order chi connectivity index (χ0) is 16.5. The van der Waals surface area contributed by atoms with Gasteiger partial charge in [-0.25, -0.2) is 14.6 Å². The number of amides is 1. The van der Waals surface area contributed by atoms with Crippen molar-refractivity contribution in [2.75, 3.05) is 31.1 Å². The van der Waals surface area contributed by atoms with Gasteiger partial charge in [-0.15, -0.1) is 0 Å². The van der Waals surface area contributed by atoms with E-state index in [1.54, 1.807) is 17.2 Å². The molecule has 1 unspecified atom stereocenters. The van der Waals surface area contributed by atoms with E-state index < -0.39 is 0 Å². The van der Waals surface area contributed by atoms with Crippen LogP contribution in [-0.4, -0.2) is 56.7 Å². The molecule has 0 saturated carbocycles. The predicted molar refractivity (Wildman–Crippen MR) is 89.8 cm³/mol. The number of nitrogens with zero attached hydrogens (tertiary/aromatic N) is 6. The molecule has 0 aromatic carbocycles. The van der Waals surface area contributed by atoms with Crippen molar-refractivity contribution in [3.63, 3.8) is 0 Å². The van der Waals surface area contributed by atoms with Crippen LogP contribution < -0.4 is 4.90 Å². The zero-order valence-electron chi connectivity index (χ0n) is 13.9. The van der Waals surface area contributed by atoms with Crippen LogP contribution >= 0.6 is 0 Å². The summed E-state index contributed by atoms with van der Waals surface area (Å²) in [5, 5.41) is 4.19. The minimum absolute atomic E-state index is 0.0958. The van der Waals surface area contributed by atoms with Gasteiger partial charge in [-0.05, 0) is 24.8 Å². The zero-order valence-corrected chi connectivity index (χ0v) is 13.9. The number of aromatic nitrogens is 4. The molecule has 2 fully saturated rings. The molecule has 24 heavy (non-hydrogen) atoms. The molecule has 0 spiro atoms. The maximum Gasteiger partial charge on any atom is 0.229 e. The molecule has 7 heteroatoms. The molecule has 0 bridgehead atoms. The maximum absolute atomic E-state index is 12.6. The van der Waals surface area contributed by atoms with Crippen LogP contribution in [0.3, 0.4) is 0 Å². The number of carbonyl (C=O) groups excluding carboxylic acids is 1. The first-order valence-corrected chi connectivity index (χ1v) is 8.56. The Morgan fingerprint density at radius 2 is 2.04 bits per heavy atom. The van der Waals surface area contributed by atoms with Crippen LogP contribution in [0.4, 0.5) is 5.82 Å². The summed E-state index contributed by atoms with van der Waals surface area (Å²) in [6, 6.07) is 3.77. The molecule has 2 aromatic rings. The molecule has 7 nitrogen and oxygen atoms in total. The van der Waals surface area contributed by atoms with Crippen LogP contribution in [0.25, 0.3) is 5.82 Å². The van der Waals surface area contributed by atoms with Crippen LogP contribution in [-0.2, 0) is 4.79 Å². The molecule has 1 atom stereocenters.